The van der Waals surface area contributed by atoms with Crippen molar-refractivity contribution < 1.29 is 19.1 Å². The second-order valence-electron chi connectivity index (χ2n) is 6.88. The molecule has 3 N–H and O–H groups in total. The smallest absolute Gasteiger partial charge is 0.261 e. The number of fused-ring (bicyclic) bond motifs is 1. The average Bonchev–Trinajstić information content (AvgIpc) is 3.19. The van der Waals surface area contributed by atoms with E-state index >= 15 is 0 Å². The first-order chi connectivity index (χ1) is 14.9. The maximum absolute atomic E-state index is 13.0. The van der Waals surface area contributed by atoms with E-state index in [-0.39, 0.29) is 11.7 Å². The number of thiazole rings is 1. The summed E-state index contributed by atoms with van der Waals surface area (Å²) in [7, 11) is 1.76. The van der Waals surface area contributed by atoms with Crippen LogP contribution >= 0.6 is 23.1 Å². The molecule has 0 fully saturated rings. The Hall–Kier alpha value is -3.05. The highest BCUT2D eigenvalue weighted by Crippen LogP contribution is 2.36. The van der Waals surface area contributed by atoms with Crippen molar-refractivity contribution in [2.45, 2.75) is 17.6 Å². The average molecular weight is 460 g/mol. The zero-order valence-corrected chi connectivity index (χ0v) is 18.6. The first-order valence-electron chi connectivity index (χ1n) is 9.54. The van der Waals surface area contributed by atoms with Crippen molar-refractivity contribution in [1.29, 1.82) is 0 Å². The van der Waals surface area contributed by atoms with Crippen LogP contribution in [-0.4, -0.2) is 45.5 Å². The molecule has 0 bridgehead atoms. The van der Waals surface area contributed by atoms with Gasteiger partial charge in [0.1, 0.15) is 5.69 Å². The van der Waals surface area contributed by atoms with E-state index < -0.39 is 5.91 Å². The van der Waals surface area contributed by atoms with E-state index in [0.717, 1.165) is 21.9 Å². The predicted molar refractivity (Wildman–Crippen MR) is 119 cm³/mol. The molecule has 0 atom stereocenters. The Labute approximate surface area is 186 Å². The fraction of sp³-hybridized carbons (Fsp3) is 0.300. The molecule has 3 heterocycles. The molecule has 11 heteroatoms. The lowest BCUT2D eigenvalue weighted by atomic mass is 10.1. The van der Waals surface area contributed by atoms with Crippen molar-refractivity contribution in [1.82, 2.24) is 14.8 Å². The molecule has 31 heavy (non-hydrogen) atoms. The van der Waals surface area contributed by atoms with Crippen molar-refractivity contribution in [3.05, 3.63) is 35.7 Å². The summed E-state index contributed by atoms with van der Waals surface area (Å²) in [6.07, 6.45) is 2.48. The van der Waals surface area contributed by atoms with Crippen molar-refractivity contribution in [3.63, 3.8) is 0 Å². The normalized spacial score (nSPS) is 13.0. The highest BCUT2D eigenvalue weighted by atomic mass is 32.2. The van der Waals surface area contributed by atoms with Crippen LogP contribution in [-0.2, 0) is 11.8 Å². The van der Waals surface area contributed by atoms with Crippen LogP contribution in [0, 0.1) is 6.92 Å². The topological polar surface area (TPSA) is 121 Å². The summed E-state index contributed by atoms with van der Waals surface area (Å²) in [5.74, 6) is 0.753. The standard InChI is InChI=1S/C20H21N5O4S2/c1-11-19(30-10-16(21)26)31-20(22-11)23-18(27)13-9-25(2)24-17(13)12-4-5-14-15(8-12)29-7-3-6-28-14/h4-5,8-9H,3,6-7,10H2,1-2H3,(H2,21,26)(H,22,23,27). The summed E-state index contributed by atoms with van der Waals surface area (Å²) in [4.78, 5) is 28.4. The van der Waals surface area contributed by atoms with Gasteiger partial charge in [-0.15, -0.1) is 11.8 Å². The fourth-order valence-corrected chi connectivity index (χ4v) is 4.92. The molecule has 0 radical (unpaired) electrons. The van der Waals surface area contributed by atoms with Gasteiger partial charge >= 0.3 is 0 Å². The summed E-state index contributed by atoms with van der Waals surface area (Å²) in [6, 6.07) is 5.53. The molecule has 0 unspecified atom stereocenters. The van der Waals surface area contributed by atoms with Crippen LogP contribution in [0.3, 0.4) is 0 Å². The number of aryl methyl sites for hydroxylation is 2. The Morgan fingerprint density at radius 2 is 2.06 bits per heavy atom. The number of rotatable bonds is 6. The second-order valence-corrected chi connectivity index (χ2v) is 9.12. The maximum atomic E-state index is 13.0. The van der Waals surface area contributed by atoms with Crippen LogP contribution in [0.1, 0.15) is 22.5 Å². The molecule has 3 aromatic rings. The molecule has 1 aromatic carbocycles. The van der Waals surface area contributed by atoms with Crippen molar-refractivity contribution in [2.24, 2.45) is 12.8 Å². The molecule has 162 valence electrons. The monoisotopic (exact) mass is 459 g/mol. The molecule has 2 amide bonds. The first kappa shape index (κ1) is 21.2. The van der Waals surface area contributed by atoms with Crippen LogP contribution in [0.5, 0.6) is 11.5 Å². The number of carbonyl (C=O) groups excluding carboxylic acids is 2. The lowest BCUT2D eigenvalue weighted by Crippen LogP contribution is -2.12. The van der Waals surface area contributed by atoms with Crippen molar-refractivity contribution in [3.8, 4) is 22.8 Å². The number of aromatic nitrogens is 3. The van der Waals surface area contributed by atoms with Crippen LogP contribution in [0.4, 0.5) is 5.13 Å². The molecule has 2 aromatic heterocycles. The van der Waals surface area contributed by atoms with Gasteiger partial charge in [-0.3, -0.25) is 19.6 Å². The summed E-state index contributed by atoms with van der Waals surface area (Å²) < 4.78 is 13.9. The highest BCUT2D eigenvalue weighted by Gasteiger charge is 2.21. The quantitative estimate of drug-likeness (QED) is 0.544. The highest BCUT2D eigenvalue weighted by molar-refractivity contribution is 8.01. The summed E-state index contributed by atoms with van der Waals surface area (Å²) >= 11 is 2.61. The maximum Gasteiger partial charge on any atom is 0.261 e. The van der Waals surface area contributed by atoms with E-state index in [2.05, 4.69) is 15.4 Å². The Morgan fingerprint density at radius 3 is 2.84 bits per heavy atom. The van der Waals surface area contributed by atoms with Gasteiger partial charge in [0, 0.05) is 25.2 Å². The van der Waals surface area contributed by atoms with Crippen molar-refractivity contribution in [2.75, 3.05) is 24.3 Å². The molecule has 0 aliphatic carbocycles. The third-order valence-electron chi connectivity index (χ3n) is 4.41. The number of nitrogens with zero attached hydrogens (tertiary/aromatic N) is 3. The van der Waals surface area contributed by atoms with Crippen LogP contribution in [0.25, 0.3) is 11.3 Å². The molecular weight excluding hydrogens is 438 g/mol. The summed E-state index contributed by atoms with van der Waals surface area (Å²) in [6.45, 7) is 3.00. The fourth-order valence-electron chi connectivity index (χ4n) is 3.05. The number of nitrogens with two attached hydrogens (primary N) is 1. The zero-order chi connectivity index (χ0) is 22.0. The minimum atomic E-state index is -0.404. The van der Waals surface area contributed by atoms with Crippen LogP contribution in [0.15, 0.2) is 28.6 Å². The van der Waals surface area contributed by atoms with E-state index in [1.807, 2.05) is 25.1 Å². The number of amides is 2. The van der Waals surface area contributed by atoms with Gasteiger partial charge in [-0.05, 0) is 25.1 Å². The number of nitrogens with one attached hydrogen (secondary N) is 1. The van der Waals surface area contributed by atoms with E-state index in [9.17, 15) is 9.59 Å². The second kappa shape index (κ2) is 8.98. The van der Waals surface area contributed by atoms with E-state index in [4.69, 9.17) is 15.2 Å². The molecule has 0 saturated carbocycles. The van der Waals surface area contributed by atoms with Crippen molar-refractivity contribution >= 4 is 40.0 Å². The Morgan fingerprint density at radius 1 is 1.29 bits per heavy atom. The van der Waals surface area contributed by atoms with Gasteiger partial charge in [0.2, 0.25) is 5.91 Å². The molecule has 1 aliphatic rings. The van der Waals surface area contributed by atoms with Gasteiger partial charge < -0.3 is 15.2 Å². The largest absolute Gasteiger partial charge is 0.490 e. The minimum absolute atomic E-state index is 0.160. The molecule has 9 nitrogen and oxygen atoms in total. The van der Waals surface area contributed by atoms with Crippen LogP contribution in [0.2, 0.25) is 0 Å². The predicted octanol–water partition coefficient (Wildman–Crippen LogP) is 2.84. The molecule has 0 saturated heterocycles. The summed E-state index contributed by atoms with van der Waals surface area (Å²) in [5.41, 5.74) is 7.65. The number of hydrogen-bond acceptors (Lipinski definition) is 8. The number of carbonyl (C=O) groups is 2. The summed E-state index contributed by atoms with van der Waals surface area (Å²) in [5, 5.41) is 7.75. The van der Waals surface area contributed by atoms with Gasteiger partial charge in [0.05, 0.1) is 34.4 Å². The SMILES string of the molecule is Cc1nc(NC(=O)c2cn(C)nc2-c2ccc3c(c2)OCCCO3)sc1SCC(N)=O. The Kier molecular flexibility index (Phi) is 6.14. The number of anilines is 1. The number of thioether (sulfide) groups is 1. The number of hydrogen-bond donors (Lipinski definition) is 2. The van der Waals surface area contributed by atoms with E-state index in [1.165, 1.54) is 23.1 Å². The van der Waals surface area contributed by atoms with Gasteiger partial charge in [0.15, 0.2) is 16.6 Å². The number of benzene rings is 1. The zero-order valence-electron chi connectivity index (χ0n) is 17.0. The molecular formula is C20H21N5O4S2. The van der Waals surface area contributed by atoms with Gasteiger partial charge in [-0.25, -0.2) is 4.98 Å². The Balaban J connectivity index is 1.58. The van der Waals surface area contributed by atoms with E-state index in [1.54, 1.807) is 17.9 Å². The molecule has 1 aliphatic heterocycles. The van der Waals surface area contributed by atoms with Gasteiger partial charge in [-0.1, -0.05) is 11.3 Å². The first-order valence-corrected chi connectivity index (χ1v) is 11.3. The van der Waals surface area contributed by atoms with Gasteiger partial charge in [-0.2, -0.15) is 5.10 Å². The lowest BCUT2D eigenvalue weighted by Gasteiger charge is -2.09. The number of ether oxygens (including phenoxy) is 2. The van der Waals surface area contributed by atoms with E-state index in [0.29, 0.717) is 41.1 Å². The lowest BCUT2D eigenvalue weighted by molar-refractivity contribution is -0.115. The van der Waals surface area contributed by atoms with Crippen LogP contribution < -0.4 is 20.5 Å². The molecule has 0 spiro atoms. The van der Waals surface area contributed by atoms with Gasteiger partial charge in [0.25, 0.3) is 5.91 Å². The Bertz CT molecular complexity index is 1140. The third-order valence-corrected chi connectivity index (χ3v) is 6.87. The third kappa shape index (κ3) is 4.83. The molecule has 4 rings (SSSR count). The minimum Gasteiger partial charge on any atom is -0.490 e. The number of primary amides is 1.